The highest BCUT2D eigenvalue weighted by Crippen LogP contribution is 2.35. The van der Waals surface area contributed by atoms with Crippen molar-refractivity contribution >= 4 is 22.4 Å². The summed E-state index contributed by atoms with van der Waals surface area (Å²) in [5.74, 6) is 0.611. The van der Waals surface area contributed by atoms with Gasteiger partial charge in [-0.3, -0.25) is 4.79 Å². The van der Waals surface area contributed by atoms with Crippen molar-refractivity contribution in [2.24, 2.45) is 5.73 Å². The number of nitrogens with one attached hydrogen (secondary N) is 1. The number of halogens is 1. The lowest BCUT2D eigenvalue weighted by molar-refractivity contribution is 0.111. The Bertz CT molecular complexity index is 766. The maximum atomic E-state index is 11.8. The lowest BCUT2D eigenvalue weighted by atomic mass is 9.78. The van der Waals surface area contributed by atoms with Crippen LogP contribution >= 0.6 is 11.6 Å². The lowest BCUT2D eigenvalue weighted by Gasteiger charge is -2.37. The second kappa shape index (κ2) is 7.13. The van der Waals surface area contributed by atoms with Crippen LogP contribution in [0.25, 0.3) is 10.8 Å². The second-order valence-corrected chi connectivity index (χ2v) is 7.09. The molecule has 0 radical (unpaired) electrons. The second-order valence-electron chi connectivity index (χ2n) is 6.68. The summed E-state index contributed by atoms with van der Waals surface area (Å²) in [7, 11) is 0. The van der Waals surface area contributed by atoms with E-state index in [4.69, 9.17) is 27.2 Å². The Morgan fingerprint density at radius 2 is 2.12 bits per heavy atom. The number of aliphatic hydroxyl groups is 1. The van der Waals surface area contributed by atoms with Crippen molar-refractivity contribution in [2.75, 3.05) is 6.61 Å². The fourth-order valence-electron chi connectivity index (χ4n) is 3.42. The molecule has 4 N–H and O–H groups in total. The first-order valence-corrected chi connectivity index (χ1v) is 8.76. The molecule has 5 nitrogen and oxygen atoms in total. The van der Waals surface area contributed by atoms with Gasteiger partial charge >= 0.3 is 0 Å². The number of ether oxygens (including phenoxy) is 1. The van der Waals surface area contributed by atoms with Gasteiger partial charge in [0, 0.05) is 23.7 Å². The van der Waals surface area contributed by atoms with E-state index >= 15 is 0 Å². The van der Waals surface area contributed by atoms with Crippen molar-refractivity contribution in [3.05, 3.63) is 39.8 Å². The minimum Gasteiger partial charge on any atom is -0.489 e. The molecule has 1 aliphatic rings. The lowest BCUT2D eigenvalue weighted by Crippen LogP contribution is -2.45. The fraction of sp³-hybridized carbons (Fsp3) is 0.500. The van der Waals surface area contributed by atoms with Crippen molar-refractivity contribution in [1.29, 1.82) is 0 Å². The van der Waals surface area contributed by atoms with E-state index < -0.39 is 0 Å². The Morgan fingerprint density at radius 3 is 2.83 bits per heavy atom. The van der Waals surface area contributed by atoms with Crippen LogP contribution in [0.4, 0.5) is 0 Å². The van der Waals surface area contributed by atoms with Crippen LogP contribution in [0.3, 0.4) is 0 Å². The van der Waals surface area contributed by atoms with Crippen molar-refractivity contribution < 1.29 is 9.84 Å². The third-order valence-electron chi connectivity index (χ3n) is 4.88. The molecular weight excluding hydrogens is 328 g/mol. The van der Waals surface area contributed by atoms with Gasteiger partial charge in [-0.25, -0.2) is 0 Å². The van der Waals surface area contributed by atoms with Gasteiger partial charge in [0.15, 0.2) is 0 Å². The van der Waals surface area contributed by atoms with Crippen LogP contribution in [0.15, 0.2) is 29.2 Å². The molecule has 130 valence electrons. The largest absolute Gasteiger partial charge is 0.489 e. The van der Waals surface area contributed by atoms with Gasteiger partial charge in [0.2, 0.25) is 0 Å². The van der Waals surface area contributed by atoms with E-state index in [1.807, 2.05) is 12.1 Å². The molecule has 1 saturated carbocycles. The highest BCUT2D eigenvalue weighted by atomic mass is 35.5. The van der Waals surface area contributed by atoms with Crippen molar-refractivity contribution in [2.45, 2.75) is 50.2 Å². The van der Waals surface area contributed by atoms with Crippen LogP contribution in [0.5, 0.6) is 5.75 Å². The minimum absolute atomic E-state index is 0.0766. The van der Waals surface area contributed by atoms with E-state index in [1.54, 1.807) is 12.3 Å². The van der Waals surface area contributed by atoms with Gasteiger partial charge in [-0.2, -0.15) is 0 Å². The number of fused-ring (bicyclic) bond motifs is 1. The molecule has 0 atom stereocenters. The summed E-state index contributed by atoms with van der Waals surface area (Å²) >= 11 is 6.29. The van der Waals surface area contributed by atoms with E-state index in [0.29, 0.717) is 16.2 Å². The number of hydrogen-bond donors (Lipinski definition) is 3. The number of aromatic amines is 1. The van der Waals surface area contributed by atoms with Crippen LogP contribution < -0.4 is 16.0 Å². The van der Waals surface area contributed by atoms with Gasteiger partial charge < -0.3 is 20.6 Å². The van der Waals surface area contributed by atoms with E-state index in [9.17, 15) is 4.79 Å². The number of benzene rings is 1. The summed E-state index contributed by atoms with van der Waals surface area (Å²) in [6.07, 6.45) is 6.77. The molecule has 0 bridgehead atoms. The zero-order chi connectivity index (χ0) is 17.2. The summed E-state index contributed by atoms with van der Waals surface area (Å²) < 4.78 is 6.08. The molecule has 24 heavy (non-hydrogen) atoms. The quantitative estimate of drug-likeness (QED) is 0.773. The van der Waals surface area contributed by atoms with Crippen LogP contribution in [0.2, 0.25) is 5.02 Å². The third-order valence-corrected chi connectivity index (χ3v) is 5.18. The topological polar surface area (TPSA) is 88.3 Å². The summed E-state index contributed by atoms with van der Waals surface area (Å²) in [6.45, 7) is 0.185. The first-order valence-electron chi connectivity index (χ1n) is 8.38. The molecule has 1 heterocycles. The zero-order valence-corrected chi connectivity index (χ0v) is 14.3. The first kappa shape index (κ1) is 17.3. The van der Waals surface area contributed by atoms with Gasteiger partial charge in [0.05, 0.1) is 11.1 Å². The maximum Gasteiger partial charge on any atom is 0.255 e. The molecule has 1 aliphatic carbocycles. The van der Waals surface area contributed by atoms with Gasteiger partial charge in [-0.1, -0.05) is 11.6 Å². The molecule has 6 heteroatoms. The van der Waals surface area contributed by atoms with Crippen LogP contribution in [0, 0.1) is 0 Å². The molecule has 3 rings (SSSR count). The van der Waals surface area contributed by atoms with Crippen molar-refractivity contribution in [3.63, 3.8) is 0 Å². The van der Waals surface area contributed by atoms with E-state index in [1.165, 1.54) is 0 Å². The number of nitrogens with two attached hydrogens (primary N) is 1. The average molecular weight is 351 g/mol. The minimum atomic E-state index is -0.191. The standard InChI is InChI=1S/C18H23ClN2O3/c19-15-11-14-12(4-8-21-17(14)23)10-16(15)24-13-2-6-18(20,7-3-13)5-1-9-22/h4,8,10-11,13,22H,1-3,5-7,9,20H2,(H,21,23)/t13-,18+. The summed E-state index contributed by atoms with van der Waals surface area (Å²) in [4.78, 5) is 14.4. The average Bonchev–Trinajstić information content (AvgIpc) is 2.57. The van der Waals surface area contributed by atoms with Crippen LogP contribution in [0.1, 0.15) is 38.5 Å². The predicted octanol–water partition coefficient (Wildman–Crippen LogP) is 2.97. The number of aromatic nitrogens is 1. The summed E-state index contributed by atoms with van der Waals surface area (Å²) in [5.41, 5.74) is 6.04. The van der Waals surface area contributed by atoms with Gasteiger partial charge in [0.25, 0.3) is 5.56 Å². The fourth-order valence-corrected chi connectivity index (χ4v) is 3.63. The summed E-state index contributed by atoms with van der Waals surface area (Å²) in [5, 5.41) is 10.8. The Morgan fingerprint density at radius 1 is 1.38 bits per heavy atom. The summed E-state index contributed by atoms with van der Waals surface area (Å²) in [6, 6.07) is 5.31. The molecule has 0 unspecified atom stereocenters. The molecule has 0 saturated heterocycles. The Balaban J connectivity index is 1.70. The number of aliphatic hydroxyl groups excluding tert-OH is 1. The molecule has 0 spiro atoms. The first-order chi connectivity index (χ1) is 11.5. The predicted molar refractivity (Wildman–Crippen MR) is 95.7 cm³/mol. The van der Waals surface area contributed by atoms with Crippen LogP contribution in [-0.2, 0) is 0 Å². The number of hydrogen-bond acceptors (Lipinski definition) is 4. The SMILES string of the molecule is N[C@]1(CCCO)CC[C@H](Oc2cc3cc[nH]c(=O)c3cc2Cl)CC1. The monoisotopic (exact) mass is 350 g/mol. The molecule has 2 aromatic rings. The molecular formula is C18H23ClN2O3. The van der Waals surface area contributed by atoms with E-state index in [2.05, 4.69) is 4.98 Å². The van der Waals surface area contributed by atoms with Gasteiger partial charge in [0.1, 0.15) is 5.75 Å². The number of H-pyrrole nitrogens is 1. The highest BCUT2D eigenvalue weighted by molar-refractivity contribution is 6.32. The third kappa shape index (κ3) is 3.74. The Hall–Kier alpha value is -1.56. The van der Waals surface area contributed by atoms with E-state index in [-0.39, 0.29) is 23.8 Å². The van der Waals surface area contributed by atoms with Crippen LogP contribution in [-0.4, -0.2) is 28.3 Å². The molecule has 0 amide bonds. The normalized spacial score (nSPS) is 24.2. The van der Waals surface area contributed by atoms with Crippen molar-refractivity contribution in [1.82, 2.24) is 4.98 Å². The molecule has 1 fully saturated rings. The maximum absolute atomic E-state index is 11.8. The highest BCUT2D eigenvalue weighted by Gasteiger charge is 2.32. The Labute approximate surface area is 145 Å². The molecule has 0 aliphatic heterocycles. The zero-order valence-electron chi connectivity index (χ0n) is 13.6. The number of pyridine rings is 1. The smallest absolute Gasteiger partial charge is 0.255 e. The molecule has 1 aromatic heterocycles. The van der Waals surface area contributed by atoms with E-state index in [0.717, 1.165) is 43.9 Å². The van der Waals surface area contributed by atoms with Gasteiger partial charge in [-0.15, -0.1) is 0 Å². The van der Waals surface area contributed by atoms with Crippen molar-refractivity contribution in [3.8, 4) is 5.75 Å². The number of rotatable bonds is 5. The van der Waals surface area contributed by atoms with Gasteiger partial charge in [-0.05, 0) is 62.1 Å². The molecule has 1 aromatic carbocycles. The Kier molecular flexibility index (Phi) is 5.13.